The van der Waals surface area contributed by atoms with Gasteiger partial charge < -0.3 is 20.7 Å². The van der Waals surface area contributed by atoms with E-state index in [1.165, 1.54) is 24.0 Å². The summed E-state index contributed by atoms with van der Waals surface area (Å²) in [7, 11) is 0. The summed E-state index contributed by atoms with van der Waals surface area (Å²) in [6.45, 7) is 1.21. The first-order chi connectivity index (χ1) is 10.0. The molecule has 0 amide bonds. The van der Waals surface area contributed by atoms with Crippen LogP contribution in [0.2, 0.25) is 0 Å². The molecule has 0 heterocycles. The van der Waals surface area contributed by atoms with Gasteiger partial charge in [0.25, 0.3) is 0 Å². The van der Waals surface area contributed by atoms with Crippen molar-refractivity contribution in [1.29, 1.82) is 0 Å². The minimum absolute atomic E-state index is 0.558. The van der Waals surface area contributed by atoms with Crippen LogP contribution in [0.1, 0.15) is 17.5 Å². The molecule has 0 saturated carbocycles. The average Bonchev–Trinajstić information content (AvgIpc) is 2.92. The quantitative estimate of drug-likeness (QED) is 0.704. The highest BCUT2D eigenvalue weighted by atomic mass is 16.5. The summed E-state index contributed by atoms with van der Waals surface area (Å²) in [4.78, 5) is 19.1. The molecule has 0 unspecified atom stereocenters. The molecule has 0 aliphatic heterocycles. The van der Waals surface area contributed by atoms with Crippen molar-refractivity contribution in [3.8, 4) is 5.75 Å². The Labute approximate surface area is 122 Å². The van der Waals surface area contributed by atoms with E-state index in [0.717, 1.165) is 12.2 Å². The van der Waals surface area contributed by atoms with E-state index < -0.39 is 11.9 Å². The molecule has 0 fully saturated rings. The van der Waals surface area contributed by atoms with Gasteiger partial charge in [-0.3, -0.25) is 0 Å². The summed E-state index contributed by atoms with van der Waals surface area (Å²) in [6.07, 6.45) is 4.74. The van der Waals surface area contributed by atoms with E-state index in [1.54, 1.807) is 0 Å². The zero-order valence-electron chi connectivity index (χ0n) is 11.6. The molecule has 1 aliphatic carbocycles. The Morgan fingerprint density at radius 2 is 1.86 bits per heavy atom. The van der Waals surface area contributed by atoms with Crippen LogP contribution in [0, 0.1) is 0 Å². The molecule has 0 spiro atoms. The minimum atomic E-state index is -1.26. The van der Waals surface area contributed by atoms with Crippen LogP contribution >= 0.6 is 0 Å². The fourth-order valence-electron chi connectivity index (χ4n) is 2.03. The Balaban J connectivity index is 0.000000240. The van der Waals surface area contributed by atoms with E-state index in [1.807, 2.05) is 6.07 Å². The second kappa shape index (κ2) is 8.76. The lowest BCUT2D eigenvalue weighted by atomic mass is 10.1. The van der Waals surface area contributed by atoms with Crippen molar-refractivity contribution >= 4 is 11.9 Å². The first kappa shape index (κ1) is 16.7. The van der Waals surface area contributed by atoms with Crippen molar-refractivity contribution in [2.45, 2.75) is 19.3 Å². The number of aliphatic carboxylic acids is 2. The third-order valence-corrected chi connectivity index (χ3v) is 2.85. The van der Waals surface area contributed by atoms with Gasteiger partial charge in [-0.05, 0) is 36.5 Å². The smallest absolute Gasteiger partial charge is 0.328 e. The third kappa shape index (κ3) is 6.09. The van der Waals surface area contributed by atoms with Crippen molar-refractivity contribution in [3.05, 3.63) is 41.5 Å². The molecule has 4 N–H and O–H groups in total. The van der Waals surface area contributed by atoms with Gasteiger partial charge in [0, 0.05) is 18.7 Å². The molecule has 1 aromatic rings. The van der Waals surface area contributed by atoms with E-state index in [4.69, 9.17) is 20.7 Å². The number of benzene rings is 1. The van der Waals surface area contributed by atoms with Gasteiger partial charge >= 0.3 is 11.9 Å². The third-order valence-electron chi connectivity index (χ3n) is 2.85. The Kier molecular flexibility index (Phi) is 6.97. The number of nitrogens with two attached hydrogens (primary N) is 1. The molecule has 0 radical (unpaired) electrons. The van der Waals surface area contributed by atoms with Crippen LogP contribution in [0.4, 0.5) is 0 Å². The van der Waals surface area contributed by atoms with Crippen molar-refractivity contribution in [1.82, 2.24) is 0 Å². The van der Waals surface area contributed by atoms with E-state index in [-0.39, 0.29) is 0 Å². The summed E-state index contributed by atoms with van der Waals surface area (Å²) in [5.41, 5.74) is 8.25. The first-order valence-corrected chi connectivity index (χ1v) is 6.62. The first-order valence-electron chi connectivity index (χ1n) is 6.62. The van der Waals surface area contributed by atoms with Gasteiger partial charge in [0.15, 0.2) is 0 Å². The van der Waals surface area contributed by atoms with E-state index in [2.05, 4.69) is 12.1 Å². The van der Waals surface area contributed by atoms with E-state index in [0.29, 0.717) is 25.3 Å². The van der Waals surface area contributed by atoms with Gasteiger partial charge in [0.1, 0.15) is 12.4 Å². The van der Waals surface area contributed by atoms with Gasteiger partial charge in [-0.15, -0.1) is 0 Å². The molecule has 0 aromatic heterocycles. The van der Waals surface area contributed by atoms with Gasteiger partial charge in [0.05, 0.1) is 0 Å². The Morgan fingerprint density at radius 1 is 1.19 bits per heavy atom. The number of fused-ring (bicyclic) bond motifs is 1. The Bertz CT molecular complexity index is 509. The van der Waals surface area contributed by atoms with Crippen LogP contribution in [0.5, 0.6) is 5.75 Å². The fraction of sp³-hybridized carbons (Fsp3) is 0.333. The zero-order chi connectivity index (χ0) is 15.7. The predicted octanol–water partition coefficient (Wildman–Crippen LogP) is 1.22. The van der Waals surface area contributed by atoms with Gasteiger partial charge in [-0.1, -0.05) is 12.1 Å². The summed E-state index contributed by atoms with van der Waals surface area (Å²) in [5.74, 6) is -1.47. The molecule has 0 bridgehead atoms. The highest BCUT2D eigenvalue weighted by Crippen LogP contribution is 2.30. The van der Waals surface area contributed by atoms with Crippen molar-refractivity contribution in [2.24, 2.45) is 5.73 Å². The SMILES string of the molecule is NCCOc1cccc2c1CCC2.O=C(O)/C=C\C(=O)O. The maximum absolute atomic E-state index is 9.55. The van der Waals surface area contributed by atoms with Crippen molar-refractivity contribution < 1.29 is 24.5 Å². The number of carboxylic acids is 2. The minimum Gasteiger partial charge on any atom is -0.492 e. The molecule has 0 atom stereocenters. The molecular formula is C15H19NO5. The van der Waals surface area contributed by atoms with Crippen LogP contribution in [-0.2, 0) is 22.4 Å². The van der Waals surface area contributed by atoms with Crippen LogP contribution in [-0.4, -0.2) is 35.3 Å². The number of hydrogen-bond acceptors (Lipinski definition) is 4. The Morgan fingerprint density at radius 3 is 2.43 bits per heavy atom. The monoisotopic (exact) mass is 293 g/mol. The summed E-state index contributed by atoms with van der Waals surface area (Å²) < 4.78 is 5.57. The van der Waals surface area contributed by atoms with Crippen LogP contribution in [0.25, 0.3) is 0 Å². The highest BCUT2D eigenvalue weighted by Gasteiger charge is 2.14. The number of aryl methyl sites for hydroxylation is 1. The van der Waals surface area contributed by atoms with Gasteiger partial charge in [0.2, 0.25) is 0 Å². The molecule has 21 heavy (non-hydrogen) atoms. The number of rotatable bonds is 5. The van der Waals surface area contributed by atoms with Gasteiger partial charge in [-0.25, -0.2) is 9.59 Å². The molecule has 114 valence electrons. The molecular weight excluding hydrogens is 274 g/mol. The molecule has 0 saturated heterocycles. The summed E-state index contributed by atoms with van der Waals surface area (Å²) in [5, 5.41) is 15.6. The Hall–Kier alpha value is -2.34. The van der Waals surface area contributed by atoms with Crippen LogP contribution in [0.3, 0.4) is 0 Å². The fourth-order valence-corrected chi connectivity index (χ4v) is 2.03. The van der Waals surface area contributed by atoms with Crippen molar-refractivity contribution in [2.75, 3.05) is 13.2 Å². The molecule has 1 aromatic carbocycles. The van der Waals surface area contributed by atoms with Crippen LogP contribution < -0.4 is 10.5 Å². The predicted molar refractivity (Wildman–Crippen MR) is 77.4 cm³/mol. The summed E-state index contributed by atoms with van der Waals surface area (Å²) in [6, 6.07) is 6.30. The topological polar surface area (TPSA) is 110 Å². The molecule has 6 nitrogen and oxygen atoms in total. The van der Waals surface area contributed by atoms with Crippen molar-refractivity contribution in [3.63, 3.8) is 0 Å². The van der Waals surface area contributed by atoms with Crippen LogP contribution in [0.15, 0.2) is 30.4 Å². The standard InChI is InChI=1S/C11H15NO.C4H4O4/c12-7-8-13-11-6-2-4-9-3-1-5-10(9)11;5-3(6)1-2-4(7)8/h2,4,6H,1,3,5,7-8,12H2;1-2H,(H,5,6)(H,7,8)/b;2-1-. The zero-order valence-corrected chi connectivity index (χ0v) is 11.6. The van der Waals surface area contributed by atoms with E-state index in [9.17, 15) is 9.59 Å². The normalized spacial score (nSPS) is 12.4. The highest BCUT2D eigenvalue weighted by molar-refractivity contribution is 5.89. The van der Waals surface area contributed by atoms with E-state index >= 15 is 0 Å². The summed E-state index contributed by atoms with van der Waals surface area (Å²) >= 11 is 0. The number of carboxylic acid groups (broad SMARTS) is 2. The lowest BCUT2D eigenvalue weighted by Crippen LogP contribution is -2.11. The molecule has 1 aliphatic rings. The largest absolute Gasteiger partial charge is 0.492 e. The second-order valence-electron chi connectivity index (χ2n) is 4.39. The maximum atomic E-state index is 9.55. The molecule has 6 heteroatoms. The maximum Gasteiger partial charge on any atom is 0.328 e. The molecule has 2 rings (SSSR count). The number of ether oxygens (including phenoxy) is 1. The average molecular weight is 293 g/mol. The van der Waals surface area contributed by atoms with Gasteiger partial charge in [-0.2, -0.15) is 0 Å². The number of carbonyl (C=O) groups is 2. The number of hydrogen-bond donors (Lipinski definition) is 3. The second-order valence-corrected chi connectivity index (χ2v) is 4.39. The lowest BCUT2D eigenvalue weighted by Gasteiger charge is -2.09. The lowest BCUT2D eigenvalue weighted by molar-refractivity contribution is -0.134.